The van der Waals surface area contributed by atoms with Crippen LogP contribution < -0.4 is 14.8 Å². The molecule has 2 heterocycles. The Labute approximate surface area is 117 Å². The molecule has 1 aliphatic rings. The van der Waals surface area contributed by atoms with Gasteiger partial charge in [0.1, 0.15) is 5.82 Å². The fourth-order valence-electron chi connectivity index (χ4n) is 2.07. The maximum atomic E-state index is 9.83. The second-order valence-corrected chi connectivity index (χ2v) is 5.61. The summed E-state index contributed by atoms with van der Waals surface area (Å²) in [6.07, 6.45) is 1.24. The highest BCUT2D eigenvalue weighted by molar-refractivity contribution is 5.94. The predicted octanol–water partition coefficient (Wildman–Crippen LogP) is 2.53. The van der Waals surface area contributed by atoms with Crippen LogP contribution >= 0.6 is 0 Å². The zero-order valence-corrected chi connectivity index (χ0v) is 11.8. The average molecular weight is 274 g/mol. The van der Waals surface area contributed by atoms with Crippen molar-refractivity contribution in [3.05, 3.63) is 24.4 Å². The SMILES string of the molecule is CC(O)C(C)(C)Nc1nccc2cc3c(cc12)OCO3. The molecule has 1 aromatic carbocycles. The van der Waals surface area contributed by atoms with Crippen molar-refractivity contribution in [1.29, 1.82) is 0 Å². The van der Waals surface area contributed by atoms with Crippen molar-refractivity contribution in [2.45, 2.75) is 32.4 Å². The standard InChI is InChI=1S/C15H18N2O3/c1-9(18)15(2,3)17-14-11-7-13-12(19-8-20-13)6-10(11)4-5-16-14/h4-7,9,18H,8H2,1-3H3,(H,16,17). The Hall–Kier alpha value is -2.01. The number of aliphatic hydroxyl groups excluding tert-OH is 1. The number of aliphatic hydroxyl groups is 1. The van der Waals surface area contributed by atoms with E-state index in [4.69, 9.17) is 9.47 Å². The predicted molar refractivity (Wildman–Crippen MR) is 77.2 cm³/mol. The van der Waals surface area contributed by atoms with E-state index in [-0.39, 0.29) is 6.79 Å². The van der Waals surface area contributed by atoms with Crippen molar-refractivity contribution >= 4 is 16.6 Å². The minimum Gasteiger partial charge on any atom is -0.454 e. The van der Waals surface area contributed by atoms with Gasteiger partial charge < -0.3 is 19.9 Å². The Balaban J connectivity index is 2.08. The highest BCUT2D eigenvalue weighted by atomic mass is 16.7. The third-order valence-corrected chi connectivity index (χ3v) is 3.74. The Morgan fingerprint density at radius 1 is 1.30 bits per heavy atom. The van der Waals surface area contributed by atoms with Gasteiger partial charge in [0.05, 0.1) is 11.6 Å². The van der Waals surface area contributed by atoms with Gasteiger partial charge in [-0.1, -0.05) is 0 Å². The smallest absolute Gasteiger partial charge is 0.231 e. The van der Waals surface area contributed by atoms with E-state index in [1.54, 1.807) is 13.1 Å². The normalized spacial score (nSPS) is 15.4. The molecule has 0 radical (unpaired) electrons. The first kappa shape index (κ1) is 13.0. The molecule has 1 atom stereocenters. The Morgan fingerprint density at radius 3 is 2.70 bits per heavy atom. The summed E-state index contributed by atoms with van der Waals surface area (Å²) in [7, 11) is 0. The molecule has 20 heavy (non-hydrogen) atoms. The number of benzene rings is 1. The lowest BCUT2D eigenvalue weighted by Crippen LogP contribution is -2.42. The molecule has 0 aliphatic carbocycles. The molecule has 0 spiro atoms. The van der Waals surface area contributed by atoms with Crippen molar-refractivity contribution in [3.63, 3.8) is 0 Å². The van der Waals surface area contributed by atoms with Gasteiger partial charge in [0.25, 0.3) is 0 Å². The minimum atomic E-state index is -0.506. The van der Waals surface area contributed by atoms with Crippen molar-refractivity contribution < 1.29 is 14.6 Å². The van der Waals surface area contributed by atoms with E-state index in [1.807, 2.05) is 32.0 Å². The zero-order valence-electron chi connectivity index (χ0n) is 11.8. The van der Waals surface area contributed by atoms with Gasteiger partial charge in [0.15, 0.2) is 11.5 Å². The molecule has 0 saturated heterocycles. The van der Waals surface area contributed by atoms with E-state index in [9.17, 15) is 5.11 Å². The molecule has 0 saturated carbocycles. The number of hydrogen-bond acceptors (Lipinski definition) is 5. The van der Waals surface area contributed by atoms with Crippen LogP contribution in [0.25, 0.3) is 10.8 Å². The third kappa shape index (κ3) is 2.14. The highest BCUT2D eigenvalue weighted by Gasteiger charge is 2.25. The molecule has 1 aliphatic heterocycles. The molecule has 0 amide bonds. The molecule has 106 valence electrons. The quantitative estimate of drug-likeness (QED) is 0.900. The van der Waals surface area contributed by atoms with Crippen LogP contribution in [-0.4, -0.2) is 28.5 Å². The number of ether oxygens (including phenoxy) is 2. The minimum absolute atomic E-state index is 0.251. The second kappa shape index (κ2) is 4.52. The molecule has 5 nitrogen and oxygen atoms in total. The molecule has 1 aromatic heterocycles. The van der Waals surface area contributed by atoms with Gasteiger partial charge in [-0.15, -0.1) is 0 Å². The first-order valence-electron chi connectivity index (χ1n) is 6.62. The fraction of sp³-hybridized carbons (Fsp3) is 0.400. The van der Waals surface area contributed by atoms with Crippen LogP contribution in [0, 0.1) is 0 Å². The van der Waals surface area contributed by atoms with Gasteiger partial charge in [-0.25, -0.2) is 4.98 Å². The van der Waals surface area contributed by atoms with Gasteiger partial charge in [0.2, 0.25) is 6.79 Å². The summed E-state index contributed by atoms with van der Waals surface area (Å²) in [6.45, 7) is 5.88. The summed E-state index contributed by atoms with van der Waals surface area (Å²) in [5, 5.41) is 15.1. The number of nitrogens with one attached hydrogen (secondary N) is 1. The molecule has 1 unspecified atom stereocenters. The van der Waals surface area contributed by atoms with E-state index in [0.29, 0.717) is 0 Å². The molecule has 3 rings (SSSR count). The van der Waals surface area contributed by atoms with Gasteiger partial charge >= 0.3 is 0 Å². The summed E-state index contributed by atoms with van der Waals surface area (Å²) >= 11 is 0. The number of pyridine rings is 1. The van der Waals surface area contributed by atoms with Crippen LogP contribution in [0.3, 0.4) is 0 Å². The first-order valence-corrected chi connectivity index (χ1v) is 6.62. The van der Waals surface area contributed by atoms with Crippen LogP contribution in [0.5, 0.6) is 11.5 Å². The third-order valence-electron chi connectivity index (χ3n) is 3.74. The lowest BCUT2D eigenvalue weighted by Gasteiger charge is -2.30. The molecule has 5 heteroatoms. The lowest BCUT2D eigenvalue weighted by molar-refractivity contribution is 0.133. The van der Waals surface area contributed by atoms with Crippen molar-refractivity contribution in [2.75, 3.05) is 12.1 Å². The Kier molecular flexibility index (Phi) is 2.94. The summed E-state index contributed by atoms with van der Waals surface area (Å²) in [5.74, 6) is 2.21. The molecule has 2 aromatic rings. The summed E-state index contributed by atoms with van der Waals surface area (Å²) in [5.41, 5.74) is -0.475. The second-order valence-electron chi connectivity index (χ2n) is 5.61. The number of nitrogens with zero attached hydrogens (tertiary/aromatic N) is 1. The van der Waals surface area contributed by atoms with Crippen molar-refractivity contribution in [3.8, 4) is 11.5 Å². The Bertz CT molecular complexity index is 653. The lowest BCUT2D eigenvalue weighted by atomic mass is 9.98. The molecular formula is C15H18N2O3. The number of anilines is 1. The van der Waals surface area contributed by atoms with Crippen LogP contribution in [0.2, 0.25) is 0 Å². The topological polar surface area (TPSA) is 63.6 Å². The largest absolute Gasteiger partial charge is 0.454 e. The number of aromatic nitrogens is 1. The van der Waals surface area contributed by atoms with E-state index < -0.39 is 11.6 Å². The van der Waals surface area contributed by atoms with Crippen LogP contribution in [-0.2, 0) is 0 Å². The maximum Gasteiger partial charge on any atom is 0.231 e. The fourth-order valence-corrected chi connectivity index (χ4v) is 2.07. The Morgan fingerprint density at radius 2 is 2.00 bits per heavy atom. The molecule has 0 bridgehead atoms. The molecular weight excluding hydrogens is 256 g/mol. The monoisotopic (exact) mass is 274 g/mol. The molecule has 0 fully saturated rings. The van der Waals surface area contributed by atoms with Crippen molar-refractivity contribution in [1.82, 2.24) is 4.98 Å². The van der Waals surface area contributed by atoms with Crippen LogP contribution in [0.4, 0.5) is 5.82 Å². The summed E-state index contributed by atoms with van der Waals surface area (Å²) in [4.78, 5) is 4.38. The summed E-state index contributed by atoms with van der Waals surface area (Å²) in [6, 6.07) is 5.79. The number of hydrogen-bond donors (Lipinski definition) is 2. The number of rotatable bonds is 3. The van der Waals surface area contributed by atoms with Gasteiger partial charge in [0, 0.05) is 11.6 Å². The number of fused-ring (bicyclic) bond motifs is 2. The van der Waals surface area contributed by atoms with E-state index in [1.165, 1.54) is 0 Å². The van der Waals surface area contributed by atoms with Gasteiger partial charge in [-0.2, -0.15) is 0 Å². The van der Waals surface area contributed by atoms with Gasteiger partial charge in [-0.05, 0) is 44.4 Å². The van der Waals surface area contributed by atoms with Gasteiger partial charge in [-0.3, -0.25) is 0 Å². The average Bonchev–Trinajstić information content (AvgIpc) is 2.83. The highest BCUT2D eigenvalue weighted by Crippen LogP contribution is 2.38. The van der Waals surface area contributed by atoms with Crippen LogP contribution in [0.15, 0.2) is 24.4 Å². The zero-order chi connectivity index (χ0) is 14.3. The van der Waals surface area contributed by atoms with E-state index >= 15 is 0 Å². The van der Waals surface area contributed by atoms with E-state index in [0.717, 1.165) is 28.1 Å². The van der Waals surface area contributed by atoms with E-state index in [2.05, 4.69) is 10.3 Å². The first-order chi connectivity index (χ1) is 9.47. The van der Waals surface area contributed by atoms with Crippen LogP contribution in [0.1, 0.15) is 20.8 Å². The molecule has 2 N–H and O–H groups in total. The maximum absolute atomic E-state index is 9.83. The van der Waals surface area contributed by atoms with Crippen molar-refractivity contribution in [2.24, 2.45) is 0 Å². The summed E-state index contributed by atoms with van der Waals surface area (Å²) < 4.78 is 10.8.